The fourth-order valence-electron chi connectivity index (χ4n) is 0.850. The zero-order valence-electron chi connectivity index (χ0n) is 6.13. The van der Waals surface area contributed by atoms with Crippen molar-refractivity contribution in [2.45, 2.75) is 6.04 Å². The van der Waals surface area contributed by atoms with Gasteiger partial charge in [-0.25, -0.2) is 0 Å². The summed E-state index contributed by atoms with van der Waals surface area (Å²) < 4.78 is 0. The lowest BCUT2D eigenvalue weighted by atomic mass is 10.1. The smallest absolute Gasteiger partial charge is 0.242 e. The highest BCUT2D eigenvalue weighted by Gasteiger charge is 2.15. The Balaban J connectivity index is 3.02. The fraction of sp³-hybridized carbons (Fsp3) is 0.125. The molecule has 1 aromatic rings. The predicted octanol–water partition coefficient (Wildman–Crippen LogP) is 2.11. The number of rotatable bonds is 2. The van der Waals surface area contributed by atoms with E-state index in [1.54, 1.807) is 24.3 Å². The minimum atomic E-state index is -0.833. The van der Waals surface area contributed by atoms with E-state index in [1.165, 1.54) is 0 Å². The van der Waals surface area contributed by atoms with Crippen molar-refractivity contribution < 1.29 is 4.79 Å². The second-order valence-electron chi connectivity index (χ2n) is 2.30. The second-order valence-corrected chi connectivity index (χ2v) is 3.08. The Morgan fingerprint density at radius 3 is 2.50 bits per heavy atom. The first-order chi connectivity index (χ1) is 5.63. The quantitative estimate of drug-likeness (QED) is 0.749. The Labute approximate surface area is 80.3 Å². The number of hydrogen-bond acceptors (Lipinski definition) is 2. The molecule has 0 saturated carbocycles. The van der Waals surface area contributed by atoms with Crippen molar-refractivity contribution in [2.24, 2.45) is 5.73 Å². The third kappa shape index (κ3) is 1.97. The van der Waals surface area contributed by atoms with Crippen LogP contribution in [0.5, 0.6) is 0 Å². The van der Waals surface area contributed by atoms with Crippen molar-refractivity contribution in [3.05, 3.63) is 34.9 Å². The van der Waals surface area contributed by atoms with Gasteiger partial charge < -0.3 is 5.73 Å². The minimum absolute atomic E-state index is 0.457. The Kier molecular flexibility index (Phi) is 3.09. The lowest BCUT2D eigenvalue weighted by Crippen LogP contribution is -2.17. The standard InChI is InChI=1S/C8H7Cl2NO/c9-6-4-2-1-3-5(6)7(11)8(10)12/h1-4,7H,11H2. The molecule has 0 saturated heterocycles. The van der Waals surface area contributed by atoms with Crippen molar-refractivity contribution in [3.63, 3.8) is 0 Å². The van der Waals surface area contributed by atoms with Gasteiger partial charge in [-0.05, 0) is 23.2 Å². The summed E-state index contributed by atoms with van der Waals surface area (Å²) in [5, 5.41) is -0.151. The first kappa shape index (κ1) is 9.52. The van der Waals surface area contributed by atoms with Crippen LogP contribution < -0.4 is 5.73 Å². The molecule has 12 heavy (non-hydrogen) atoms. The number of carbonyl (C=O) groups is 1. The van der Waals surface area contributed by atoms with E-state index in [0.717, 1.165) is 0 Å². The average Bonchev–Trinajstić information content (AvgIpc) is 2.04. The molecule has 1 unspecified atom stereocenters. The van der Waals surface area contributed by atoms with E-state index in [-0.39, 0.29) is 0 Å². The van der Waals surface area contributed by atoms with Gasteiger partial charge in [0.15, 0.2) is 0 Å². The molecule has 2 nitrogen and oxygen atoms in total. The maximum absolute atomic E-state index is 10.7. The Morgan fingerprint density at radius 2 is 2.00 bits per heavy atom. The number of hydrogen-bond donors (Lipinski definition) is 1. The van der Waals surface area contributed by atoms with E-state index in [1.807, 2.05) is 0 Å². The first-order valence-corrected chi connectivity index (χ1v) is 4.08. The molecule has 4 heteroatoms. The van der Waals surface area contributed by atoms with Gasteiger partial charge in [0.1, 0.15) is 6.04 Å². The van der Waals surface area contributed by atoms with Crippen LogP contribution in [0, 0.1) is 0 Å². The third-order valence-electron chi connectivity index (χ3n) is 1.48. The number of halogens is 2. The van der Waals surface area contributed by atoms with Crippen LogP contribution in [-0.4, -0.2) is 5.24 Å². The summed E-state index contributed by atoms with van der Waals surface area (Å²) in [4.78, 5) is 10.7. The molecule has 64 valence electrons. The molecule has 0 aliphatic heterocycles. The van der Waals surface area contributed by atoms with Crippen LogP contribution in [0.2, 0.25) is 5.02 Å². The second kappa shape index (κ2) is 3.90. The van der Waals surface area contributed by atoms with Crippen LogP contribution >= 0.6 is 23.2 Å². The minimum Gasteiger partial charge on any atom is -0.317 e. The number of carbonyl (C=O) groups excluding carboxylic acids is 1. The molecule has 0 radical (unpaired) electrons. The summed E-state index contributed by atoms with van der Waals surface area (Å²) in [6.07, 6.45) is 0. The molecule has 0 aromatic heterocycles. The normalized spacial score (nSPS) is 12.6. The first-order valence-electron chi connectivity index (χ1n) is 3.32. The van der Waals surface area contributed by atoms with Crippen LogP contribution in [0.4, 0.5) is 0 Å². The van der Waals surface area contributed by atoms with Gasteiger partial charge in [-0.1, -0.05) is 29.8 Å². The summed E-state index contributed by atoms with van der Waals surface area (Å²) in [6.45, 7) is 0. The van der Waals surface area contributed by atoms with Gasteiger partial charge in [0.05, 0.1) is 0 Å². The van der Waals surface area contributed by atoms with Crippen LogP contribution in [0.25, 0.3) is 0 Å². The van der Waals surface area contributed by atoms with Gasteiger partial charge in [-0.3, -0.25) is 4.79 Å². The molecule has 0 heterocycles. The third-order valence-corrected chi connectivity index (χ3v) is 2.06. The largest absolute Gasteiger partial charge is 0.317 e. The van der Waals surface area contributed by atoms with Crippen molar-refractivity contribution in [2.75, 3.05) is 0 Å². The highest BCUT2D eigenvalue weighted by molar-refractivity contribution is 6.64. The van der Waals surface area contributed by atoms with Crippen molar-refractivity contribution in [1.29, 1.82) is 0 Å². The van der Waals surface area contributed by atoms with Gasteiger partial charge in [-0.2, -0.15) is 0 Å². The van der Waals surface area contributed by atoms with E-state index in [4.69, 9.17) is 28.9 Å². The Morgan fingerprint density at radius 1 is 1.42 bits per heavy atom. The van der Waals surface area contributed by atoms with Crippen LogP contribution in [0.1, 0.15) is 11.6 Å². The molecular weight excluding hydrogens is 197 g/mol. The van der Waals surface area contributed by atoms with Gasteiger partial charge in [0.25, 0.3) is 0 Å². The zero-order chi connectivity index (χ0) is 9.14. The summed E-state index contributed by atoms with van der Waals surface area (Å²) in [7, 11) is 0. The Bertz CT molecular complexity index is 301. The van der Waals surface area contributed by atoms with E-state index in [0.29, 0.717) is 10.6 Å². The summed E-state index contributed by atoms with van der Waals surface area (Å²) in [5.74, 6) is 0. The van der Waals surface area contributed by atoms with Crippen LogP contribution in [0.15, 0.2) is 24.3 Å². The van der Waals surface area contributed by atoms with E-state index >= 15 is 0 Å². The van der Waals surface area contributed by atoms with E-state index in [9.17, 15) is 4.79 Å². The lowest BCUT2D eigenvalue weighted by Gasteiger charge is -2.07. The van der Waals surface area contributed by atoms with Crippen molar-refractivity contribution >= 4 is 28.4 Å². The van der Waals surface area contributed by atoms with E-state index in [2.05, 4.69) is 0 Å². The predicted molar refractivity (Wildman–Crippen MR) is 49.2 cm³/mol. The molecule has 0 aliphatic carbocycles. The van der Waals surface area contributed by atoms with Crippen molar-refractivity contribution in [1.82, 2.24) is 0 Å². The summed E-state index contributed by atoms with van der Waals surface area (Å²) in [6, 6.07) is 6.02. The van der Waals surface area contributed by atoms with Gasteiger partial charge in [0, 0.05) is 5.02 Å². The molecule has 1 rings (SSSR count). The fourth-order valence-corrected chi connectivity index (χ4v) is 1.22. The molecule has 0 amide bonds. The Hall–Kier alpha value is -0.570. The molecule has 0 fully saturated rings. The summed E-state index contributed by atoms with van der Waals surface area (Å²) >= 11 is 11.0. The monoisotopic (exact) mass is 203 g/mol. The van der Waals surface area contributed by atoms with Gasteiger partial charge >= 0.3 is 0 Å². The van der Waals surface area contributed by atoms with Gasteiger partial charge in [-0.15, -0.1) is 0 Å². The molecule has 1 aromatic carbocycles. The van der Waals surface area contributed by atoms with Gasteiger partial charge in [0.2, 0.25) is 5.24 Å². The summed E-state index contributed by atoms with van der Waals surface area (Å²) in [5.41, 5.74) is 6.03. The molecular formula is C8H7Cl2NO. The zero-order valence-corrected chi connectivity index (χ0v) is 7.64. The maximum atomic E-state index is 10.7. The molecule has 0 bridgehead atoms. The average molecular weight is 204 g/mol. The highest BCUT2D eigenvalue weighted by Crippen LogP contribution is 2.22. The molecule has 1 atom stereocenters. The molecule has 0 aliphatic rings. The molecule has 2 N–H and O–H groups in total. The number of nitrogens with two attached hydrogens (primary N) is 1. The van der Waals surface area contributed by atoms with Crippen LogP contribution in [-0.2, 0) is 4.79 Å². The highest BCUT2D eigenvalue weighted by atomic mass is 35.5. The van der Waals surface area contributed by atoms with Crippen molar-refractivity contribution in [3.8, 4) is 0 Å². The SMILES string of the molecule is NC(C(=O)Cl)c1ccccc1Cl. The maximum Gasteiger partial charge on any atom is 0.242 e. The van der Waals surface area contributed by atoms with Crippen LogP contribution in [0.3, 0.4) is 0 Å². The lowest BCUT2D eigenvalue weighted by molar-refractivity contribution is -0.112. The number of benzene rings is 1. The topological polar surface area (TPSA) is 43.1 Å². The molecule has 0 spiro atoms. The van der Waals surface area contributed by atoms with E-state index < -0.39 is 11.3 Å².